The van der Waals surface area contributed by atoms with Crippen LogP contribution in [-0.4, -0.2) is 17.0 Å². The van der Waals surface area contributed by atoms with Gasteiger partial charge in [-0.25, -0.2) is 4.79 Å². The highest BCUT2D eigenvalue weighted by atomic mass is 32.1. The molecule has 0 radical (unpaired) electrons. The minimum atomic E-state index is -0.846. The van der Waals surface area contributed by atoms with E-state index in [2.05, 4.69) is 43.6 Å². The molecule has 2 N–H and O–H groups in total. The molecule has 1 aromatic heterocycles. The van der Waals surface area contributed by atoms with Crippen LogP contribution in [0.2, 0.25) is 0 Å². The Morgan fingerprint density at radius 1 is 1.16 bits per heavy atom. The first kappa shape index (κ1) is 21.7. The summed E-state index contributed by atoms with van der Waals surface area (Å²) in [5, 5.41) is 14.8. The number of nitrogens with one attached hydrogen (secondary N) is 1. The number of thiophene rings is 1. The summed E-state index contributed by atoms with van der Waals surface area (Å²) < 4.78 is 0. The number of fused-ring (bicyclic) bond motifs is 5. The van der Waals surface area contributed by atoms with Gasteiger partial charge >= 0.3 is 5.97 Å². The third kappa shape index (κ3) is 3.40. The van der Waals surface area contributed by atoms with E-state index in [1.54, 1.807) is 17.4 Å². The number of amides is 1. The zero-order valence-corrected chi connectivity index (χ0v) is 20.0. The zero-order valence-electron chi connectivity index (χ0n) is 19.2. The van der Waals surface area contributed by atoms with Crippen LogP contribution in [0, 0.1) is 23.2 Å². The van der Waals surface area contributed by atoms with Crippen molar-refractivity contribution in [2.75, 3.05) is 0 Å². The van der Waals surface area contributed by atoms with E-state index >= 15 is 0 Å². The second kappa shape index (κ2) is 7.72. The molecule has 4 nitrogen and oxygen atoms in total. The molecular weight excluding hydrogens is 418 g/mol. The molecular formula is C27H33NO3S. The molecule has 3 aliphatic rings. The summed E-state index contributed by atoms with van der Waals surface area (Å²) in [7, 11) is 0. The summed E-state index contributed by atoms with van der Waals surface area (Å²) in [6.45, 7) is 6.57. The number of benzene rings is 1. The van der Waals surface area contributed by atoms with Crippen molar-refractivity contribution in [1.82, 2.24) is 5.32 Å². The third-order valence-electron chi connectivity index (χ3n) is 8.86. The van der Waals surface area contributed by atoms with E-state index < -0.39 is 5.97 Å². The lowest BCUT2D eigenvalue weighted by atomic mass is 9.54. The molecule has 2 saturated carbocycles. The highest BCUT2D eigenvalue weighted by Gasteiger charge is 2.57. The number of carbonyl (C=O) groups excluding carboxylic acids is 1. The molecule has 3 aliphatic carbocycles. The maximum absolute atomic E-state index is 13.5. The lowest BCUT2D eigenvalue weighted by molar-refractivity contribution is -0.132. The summed E-state index contributed by atoms with van der Waals surface area (Å²) in [4.78, 5) is 26.1. The van der Waals surface area contributed by atoms with Crippen molar-refractivity contribution >= 4 is 23.2 Å². The van der Waals surface area contributed by atoms with Gasteiger partial charge < -0.3 is 10.4 Å². The summed E-state index contributed by atoms with van der Waals surface area (Å²) in [6.07, 6.45) is 6.31. The van der Waals surface area contributed by atoms with Gasteiger partial charge in [0, 0.05) is 10.8 Å². The Bertz CT molecular complexity index is 1040. The molecule has 0 bridgehead atoms. The molecule has 1 aromatic carbocycles. The van der Waals surface area contributed by atoms with Crippen LogP contribution in [0.1, 0.15) is 85.2 Å². The molecule has 5 heteroatoms. The minimum absolute atomic E-state index is 0.0509. The largest absolute Gasteiger partial charge is 0.478 e. The SMILES string of the molecule is CC(C)(NC(=O)C1CC[C@H]2[C@@H]3CCc4cc(C(=O)O)ccc4[C@H]3CC[C@]12C)c1cccs1. The molecule has 0 aliphatic heterocycles. The van der Waals surface area contributed by atoms with Crippen LogP contribution in [0.15, 0.2) is 35.7 Å². The molecule has 32 heavy (non-hydrogen) atoms. The second-order valence-corrected chi connectivity index (χ2v) is 11.8. The molecule has 2 fully saturated rings. The molecule has 1 heterocycles. The van der Waals surface area contributed by atoms with E-state index in [1.807, 2.05) is 12.1 Å². The van der Waals surface area contributed by atoms with Crippen molar-refractivity contribution in [3.63, 3.8) is 0 Å². The molecule has 170 valence electrons. The first-order valence-corrected chi connectivity index (χ1v) is 12.8. The number of aromatic carboxylic acids is 1. The third-order valence-corrected chi connectivity index (χ3v) is 10.1. The maximum Gasteiger partial charge on any atom is 0.335 e. The van der Waals surface area contributed by atoms with Crippen LogP contribution in [0.5, 0.6) is 0 Å². The Labute approximate surface area is 194 Å². The van der Waals surface area contributed by atoms with Gasteiger partial charge in [-0.15, -0.1) is 11.3 Å². The van der Waals surface area contributed by atoms with E-state index in [0.29, 0.717) is 23.3 Å². The number of rotatable bonds is 4. The van der Waals surface area contributed by atoms with E-state index in [9.17, 15) is 14.7 Å². The van der Waals surface area contributed by atoms with E-state index in [4.69, 9.17) is 0 Å². The van der Waals surface area contributed by atoms with Crippen LogP contribution >= 0.6 is 11.3 Å². The highest BCUT2D eigenvalue weighted by Crippen LogP contribution is 2.63. The maximum atomic E-state index is 13.5. The van der Waals surface area contributed by atoms with Crippen LogP contribution in [0.3, 0.4) is 0 Å². The number of carbonyl (C=O) groups is 2. The van der Waals surface area contributed by atoms with Crippen molar-refractivity contribution < 1.29 is 14.7 Å². The number of carboxylic acids is 1. The topological polar surface area (TPSA) is 66.4 Å². The monoisotopic (exact) mass is 451 g/mol. The average molecular weight is 452 g/mol. The molecule has 1 unspecified atom stereocenters. The lowest BCUT2D eigenvalue weighted by Gasteiger charge is -2.51. The van der Waals surface area contributed by atoms with Gasteiger partial charge in [-0.2, -0.15) is 0 Å². The molecule has 1 amide bonds. The van der Waals surface area contributed by atoms with Crippen LogP contribution < -0.4 is 5.32 Å². The molecule has 5 rings (SSSR count). The van der Waals surface area contributed by atoms with Crippen molar-refractivity contribution in [3.8, 4) is 0 Å². The molecule has 5 atom stereocenters. The number of aryl methyl sites for hydroxylation is 1. The summed E-state index contributed by atoms with van der Waals surface area (Å²) >= 11 is 1.70. The number of hydrogen-bond donors (Lipinski definition) is 2. The first-order chi connectivity index (χ1) is 15.2. The van der Waals surface area contributed by atoms with Gasteiger partial charge in [0.2, 0.25) is 5.91 Å². The highest BCUT2D eigenvalue weighted by molar-refractivity contribution is 7.10. The molecule has 0 spiro atoms. The smallest absolute Gasteiger partial charge is 0.335 e. The van der Waals surface area contributed by atoms with E-state index in [1.165, 1.54) is 16.0 Å². The van der Waals surface area contributed by atoms with Gasteiger partial charge in [-0.3, -0.25) is 4.79 Å². The van der Waals surface area contributed by atoms with Gasteiger partial charge in [-0.05, 0) is 110 Å². The van der Waals surface area contributed by atoms with Gasteiger partial charge in [0.1, 0.15) is 0 Å². The lowest BCUT2D eigenvalue weighted by Crippen LogP contribution is -2.49. The zero-order chi connectivity index (χ0) is 22.7. The molecule has 0 saturated heterocycles. The average Bonchev–Trinajstić information content (AvgIpc) is 3.41. The molecule has 2 aromatic rings. The predicted octanol–water partition coefficient (Wildman–Crippen LogP) is 5.97. The summed E-state index contributed by atoms with van der Waals surface area (Å²) in [6, 6.07) is 9.88. The fourth-order valence-electron chi connectivity index (χ4n) is 7.24. The van der Waals surface area contributed by atoms with E-state index in [-0.39, 0.29) is 22.8 Å². The van der Waals surface area contributed by atoms with Gasteiger partial charge in [0.15, 0.2) is 0 Å². The van der Waals surface area contributed by atoms with Gasteiger partial charge in [-0.1, -0.05) is 19.1 Å². The van der Waals surface area contributed by atoms with Crippen molar-refractivity contribution in [2.45, 2.75) is 70.8 Å². The fourth-order valence-corrected chi connectivity index (χ4v) is 8.04. The normalized spacial score (nSPS) is 31.3. The first-order valence-electron chi connectivity index (χ1n) is 11.9. The Hall–Kier alpha value is -2.14. The Kier molecular flexibility index (Phi) is 5.23. The van der Waals surface area contributed by atoms with E-state index in [0.717, 1.165) is 38.5 Å². The van der Waals surface area contributed by atoms with Gasteiger partial charge in [0.05, 0.1) is 11.1 Å². The predicted molar refractivity (Wildman–Crippen MR) is 127 cm³/mol. The number of carboxylic acid groups (broad SMARTS) is 1. The van der Waals surface area contributed by atoms with Gasteiger partial charge in [0.25, 0.3) is 0 Å². The summed E-state index contributed by atoms with van der Waals surface area (Å²) in [5.41, 5.74) is 2.69. The minimum Gasteiger partial charge on any atom is -0.478 e. The van der Waals surface area contributed by atoms with Crippen LogP contribution in [0.4, 0.5) is 0 Å². The van der Waals surface area contributed by atoms with Crippen molar-refractivity contribution in [3.05, 3.63) is 57.3 Å². The van der Waals surface area contributed by atoms with Crippen LogP contribution in [-0.2, 0) is 16.8 Å². The van der Waals surface area contributed by atoms with Crippen LogP contribution in [0.25, 0.3) is 0 Å². The van der Waals surface area contributed by atoms with Crippen molar-refractivity contribution in [1.29, 1.82) is 0 Å². The summed E-state index contributed by atoms with van der Waals surface area (Å²) in [5.74, 6) is 1.11. The number of hydrogen-bond acceptors (Lipinski definition) is 3. The van der Waals surface area contributed by atoms with Crippen molar-refractivity contribution in [2.24, 2.45) is 23.2 Å². The quantitative estimate of drug-likeness (QED) is 0.602. The Balaban J connectivity index is 1.36. The Morgan fingerprint density at radius 2 is 1.97 bits per heavy atom. The fraction of sp³-hybridized carbons (Fsp3) is 0.556. The standard InChI is InChI=1S/C27H33NO3S/c1-26(2,23-5-4-14-32-23)28-24(29)22-11-10-21-20-9-6-16-15-17(25(30)31)7-8-18(16)19(20)12-13-27(21,22)3/h4-5,7-8,14-15,19-22H,6,9-13H2,1-3H3,(H,28,29)(H,30,31)/t19-,20-,21+,22?,27+/m1/s1. The second-order valence-electron chi connectivity index (χ2n) is 10.9. The Morgan fingerprint density at radius 3 is 2.69 bits per heavy atom.